The summed E-state index contributed by atoms with van der Waals surface area (Å²) in [6.07, 6.45) is 0.906. The summed E-state index contributed by atoms with van der Waals surface area (Å²) in [5, 5.41) is 9.79. The van der Waals surface area contributed by atoms with E-state index in [1.807, 2.05) is 28.9 Å². The van der Waals surface area contributed by atoms with Crippen LogP contribution in [-0.4, -0.2) is 27.8 Å². The zero-order valence-electron chi connectivity index (χ0n) is 15.6. The number of carbonyl (C=O) groups is 1. The fourth-order valence-electron chi connectivity index (χ4n) is 3.11. The average molecular weight is 395 g/mol. The van der Waals surface area contributed by atoms with Crippen LogP contribution in [0.5, 0.6) is 5.75 Å². The maximum absolute atomic E-state index is 12.7. The van der Waals surface area contributed by atoms with Gasteiger partial charge in [-0.15, -0.1) is 0 Å². The van der Waals surface area contributed by atoms with Crippen LogP contribution in [0.25, 0.3) is 21.9 Å². The van der Waals surface area contributed by atoms with Gasteiger partial charge in [0, 0.05) is 22.5 Å². The number of methoxy groups -OCH3 is 1. The second kappa shape index (κ2) is 7.48. The van der Waals surface area contributed by atoms with E-state index < -0.39 is 0 Å². The van der Waals surface area contributed by atoms with E-state index in [4.69, 9.17) is 21.3 Å². The van der Waals surface area contributed by atoms with Crippen LogP contribution in [0.3, 0.4) is 0 Å². The predicted octanol–water partition coefficient (Wildman–Crippen LogP) is 4.91. The van der Waals surface area contributed by atoms with Gasteiger partial charge in [-0.2, -0.15) is 5.10 Å². The molecule has 4 aromatic rings. The lowest BCUT2D eigenvalue weighted by atomic mass is 10.1. The predicted molar refractivity (Wildman–Crippen MR) is 111 cm³/mol. The number of fused-ring (bicyclic) bond motifs is 2. The molecule has 0 spiro atoms. The number of hydrogen-bond acceptors (Lipinski definition) is 4. The number of nitrogens with zero attached hydrogens (tertiary/aromatic N) is 3. The van der Waals surface area contributed by atoms with E-state index in [1.54, 1.807) is 31.4 Å². The van der Waals surface area contributed by atoms with Crippen LogP contribution in [0.1, 0.15) is 23.7 Å². The number of aromatic nitrogens is 3. The topological polar surface area (TPSA) is 69.0 Å². The van der Waals surface area contributed by atoms with Crippen molar-refractivity contribution in [1.82, 2.24) is 14.8 Å². The lowest BCUT2D eigenvalue weighted by Gasteiger charge is -2.04. The molecular weight excluding hydrogens is 376 g/mol. The number of carbonyl (C=O) groups excluding carboxylic acids is 1. The van der Waals surface area contributed by atoms with Crippen molar-refractivity contribution < 1.29 is 9.53 Å². The van der Waals surface area contributed by atoms with Crippen LogP contribution in [0, 0.1) is 0 Å². The Bertz CT molecular complexity index is 1170. The molecule has 4 rings (SSSR count). The van der Waals surface area contributed by atoms with E-state index in [0.29, 0.717) is 22.9 Å². The van der Waals surface area contributed by atoms with Crippen molar-refractivity contribution in [2.24, 2.45) is 0 Å². The first-order valence-corrected chi connectivity index (χ1v) is 9.39. The van der Waals surface area contributed by atoms with Gasteiger partial charge >= 0.3 is 0 Å². The van der Waals surface area contributed by atoms with Crippen LogP contribution in [0.4, 0.5) is 5.82 Å². The number of aryl methyl sites for hydroxylation is 1. The molecule has 2 aromatic heterocycles. The molecule has 0 bridgehead atoms. The minimum absolute atomic E-state index is 0.245. The molecule has 0 aliphatic heterocycles. The van der Waals surface area contributed by atoms with E-state index in [1.165, 1.54) is 0 Å². The maximum atomic E-state index is 12.7. The molecule has 0 unspecified atom stereocenters. The standard InChI is InChI=1S/C21H19ClN4O2/c1-3-10-26-20-17(12-14-11-16(28-2)8-9-18(14)23-20)19(25-26)24-21(27)13-4-6-15(22)7-5-13/h4-9,11-12H,3,10H2,1-2H3,(H,24,25,27). The van der Waals surface area contributed by atoms with Gasteiger partial charge in [0.1, 0.15) is 5.75 Å². The molecule has 0 radical (unpaired) electrons. The molecule has 1 amide bonds. The Hall–Kier alpha value is -3.12. The molecule has 0 saturated heterocycles. The van der Waals surface area contributed by atoms with Gasteiger partial charge in [-0.05, 0) is 55.0 Å². The van der Waals surface area contributed by atoms with E-state index in [2.05, 4.69) is 17.3 Å². The Kier molecular flexibility index (Phi) is 4.88. The van der Waals surface area contributed by atoms with Crippen molar-refractivity contribution >= 4 is 45.3 Å². The molecule has 2 heterocycles. The summed E-state index contributed by atoms with van der Waals surface area (Å²) in [6.45, 7) is 2.79. The van der Waals surface area contributed by atoms with Crippen molar-refractivity contribution in [3.63, 3.8) is 0 Å². The third kappa shape index (κ3) is 3.39. The maximum Gasteiger partial charge on any atom is 0.256 e. The molecule has 142 valence electrons. The molecule has 6 nitrogen and oxygen atoms in total. The molecule has 1 N–H and O–H groups in total. The number of benzene rings is 2. The Labute approximate surface area is 167 Å². The fourth-order valence-corrected chi connectivity index (χ4v) is 3.23. The van der Waals surface area contributed by atoms with Crippen molar-refractivity contribution in [2.75, 3.05) is 12.4 Å². The highest BCUT2D eigenvalue weighted by molar-refractivity contribution is 6.30. The van der Waals surface area contributed by atoms with Crippen molar-refractivity contribution in [3.8, 4) is 5.75 Å². The molecule has 0 aliphatic carbocycles. The van der Waals surface area contributed by atoms with Crippen LogP contribution in [0.2, 0.25) is 5.02 Å². The average Bonchev–Trinajstić information content (AvgIpc) is 3.03. The second-order valence-electron chi connectivity index (χ2n) is 6.45. The molecule has 7 heteroatoms. The van der Waals surface area contributed by atoms with E-state index in [9.17, 15) is 4.79 Å². The first-order chi connectivity index (χ1) is 13.6. The van der Waals surface area contributed by atoms with Crippen LogP contribution < -0.4 is 10.1 Å². The summed E-state index contributed by atoms with van der Waals surface area (Å²) in [5.41, 5.74) is 2.10. The third-order valence-corrected chi connectivity index (χ3v) is 4.75. The number of halogens is 1. The third-order valence-electron chi connectivity index (χ3n) is 4.50. The zero-order chi connectivity index (χ0) is 19.7. The summed E-state index contributed by atoms with van der Waals surface area (Å²) in [7, 11) is 1.63. The first kappa shape index (κ1) is 18.3. The molecule has 0 atom stereocenters. The minimum atomic E-state index is -0.245. The SMILES string of the molecule is CCCn1nc(NC(=O)c2ccc(Cl)cc2)c2cc3cc(OC)ccc3nc21. The van der Waals surface area contributed by atoms with Gasteiger partial charge in [-0.3, -0.25) is 4.79 Å². The highest BCUT2D eigenvalue weighted by Crippen LogP contribution is 2.28. The van der Waals surface area contributed by atoms with Crippen LogP contribution in [0.15, 0.2) is 48.5 Å². The lowest BCUT2D eigenvalue weighted by Crippen LogP contribution is -2.12. The van der Waals surface area contributed by atoms with Gasteiger partial charge in [0.2, 0.25) is 0 Å². The number of amides is 1. The number of anilines is 1. The molecule has 2 aromatic carbocycles. The van der Waals surface area contributed by atoms with Gasteiger partial charge < -0.3 is 10.1 Å². The number of rotatable bonds is 5. The molecule has 0 aliphatic rings. The summed E-state index contributed by atoms with van der Waals surface area (Å²) in [5.74, 6) is 0.993. The summed E-state index contributed by atoms with van der Waals surface area (Å²) in [4.78, 5) is 17.4. The highest BCUT2D eigenvalue weighted by Gasteiger charge is 2.16. The first-order valence-electron chi connectivity index (χ1n) is 9.01. The number of ether oxygens (including phenoxy) is 1. The van der Waals surface area contributed by atoms with E-state index >= 15 is 0 Å². The molecular formula is C21H19ClN4O2. The van der Waals surface area contributed by atoms with Gasteiger partial charge in [-0.1, -0.05) is 18.5 Å². The number of pyridine rings is 1. The zero-order valence-corrected chi connectivity index (χ0v) is 16.3. The van der Waals surface area contributed by atoms with Gasteiger partial charge in [-0.25, -0.2) is 9.67 Å². The number of nitrogens with one attached hydrogen (secondary N) is 1. The summed E-state index contributed by atoms with van der Waals surface area (Å²) < 4.78 is 7.14. The fraction of sp³-hybridized carbons (Fsp3) is 0.190. The second-order valence-corrected chi connectivity index (χ2v) is 6.89. The lowest BCUT2D eigenvalue weighted by molar-refractivity contribution is 0.102. The monoisotopic (exact) mass is 394 g/mol. The van der Waals surface area contributed by atoms with Crippen molar-refractivity contribution in [2.45, 2.75) is 19.9 Å². The smallest absolute Gasteiger partial charge is 0.256 e. The summed E-state index contributed by atoms with van der Waals surface area (Å²) >= 11 is 5.91. The Balaban J connectivity index is 1.80. The summed E-state index contributed by atoms with van der Waals surface area (Å²) in [6, 6.07) is 14.4. The van der Waals surface area contributed by atoms with Crippen LogP contribution >= 0.6 is 11.6 Å². The largest absolute Gasteiger partial charge is 0.497 e. The normalized spacial score (nSPS) is 11.1. The Morgan fingerprint density at radius 1 is 1.18 bits per heavy atom. The van der Waals surface area contributed by atoms with Crippen molar-refractivity contribution in [3.05, 3.63) is 59.1 Å². The molecule has 28 heavy (non-hydrogen) atoms. The molecule has 0 fully saturated rings. The van der Waals surface area contributed by atoms with Gasteiger partial charge in [0.05, 0.1) is 18.0 Å². The minimum Gasteiger partial charge on any atom is -0.497 e. The quantitative estimate of drug-likeness (QED) is 0.522. The van der Waals surface area contributed by atoms with E-state index in [0.717, 1.165) is 34.1 Å². The van der Waals surface area contributed by atoms with Crippen molar-refractivity contribution in [1.29, 1.82) is 0 Å². The van der Waals surface area contributed by atoms with Crippen LogP contribution in [-0.2, 0) is 6.54 Å². The molecule has 0 saturated carbocycles. The number of hydrogen-bond donors (Lipinski definition) is 1. The Morgan fingerprint density at radius 3 is 2.68 bits per heavy atom. The highest BCUT2D eigenvalue weighted by atomic mass is 35.5. The van der Waals surface area contributed by atoms with E-state index in [-0.39, 0.29) is 5.91 Å². The van der Waals surface area contributed by atoms with Gasteiger partial charge in [0.25, 0.3) is 5.91 Å². The van der Waals surface area contributed by atoms with Gasteiger partial charge in [0.15, 0.2) is 11.5 Å². The Morgan fingerprint density at radius 2 is 1.96 bits per heavy atom.